The molecule has 6 nitrogen and oxygen atoms in total. The van der Waals surface area contributed by atoms with E-state index in [2.05, 4.69) is 10.3 Å². The molecule has 1 unspecified atom stereocenters. The number of aliphatic hydroxyl groups is 1. The van der Waals surface area contributed by atoms with Gasteiger partial charge in [0.1, 0.15) is 0 Å². The predicted molar refractivity (Wildman–Crippen MR) is 99.4 cm³/mol. The van der Waals surface area contributed by atoms with Gasteiger partial charge in [0, 0.05) is 35.1 Å². The summed E-state index contributed by atoms with van der Waals surface area (Å²) < 4.78 is 23.0. The van der Waals surface area contributed by atoms with Crippen LogP contribution in [-0.2, 0) is 15.4 Å². The number of hydrogen-bond acceptors (Lipinski definition) is 5. The summed E-state index contributed by atoms with van der Waals surface area (Å²) in [5.74, 6) is -0.143. The largest absolute Gasteiger partial charge is 0.386 e. The number of sulfone groups is 1. The minimum Gasteiger partial charge on any atom is -0.386 e. The van der Waals surface area contributed by atoms with Crippen LogP contribution >= 0.6 is 0 Å². The zero-order valence-electron chi connectivity index (χ0n) is 14.8. The van der Waals surface area contributed by atoms with Gasteiger partial charge in [-0.1, -0.05) is 12.1 Å². The van der Waals surface area contributed by atoms with Crippen LogP contribution in [0.15, 0.2) is 42.7 Å². The molecule has 3 rings (SSSR count). The van der Waals surface area contributed by atoms with Gasteiger partial charge < -0.3 is 10.4 Å². The first kappa shape index (κ1) is 18.5. The van der Waals surface area contributed by atoms with E-state index in [0.717, 1.165) is 11.1 Å². The van der Waals surface area contributed by atoms with Gasteiger partial charge in [-0.15, -0.1) is 0 Å². The van der Waals surface area contributed by atoms with E-state index < -0.39 is 15.4 Å². The molecule has 1 aliphatic heterocycles. The molecule has 1 atom stereocenters. The monoisotopic (exact) mass is 374 g/mol. The summed E-state index contributed by atoms with van der Waals surface area (Å²) in [4.78, 5) is 16.5. The molecule has 1 saturated heterocycles. The Morgan fingerprint density at radius 2 is 1.88 bits per heavy atom. The topological polar surface area (TPSA) is 96.4 Å². The average Bonchev–Trinajstić information content (AvgIpc) is 2.93. The van der Waals surface area contributed by atoms with Crippen LogP contribution < -0.4 is 5.32 Å². The molecule has 2 aromatic rings. The zero-order chi connectivity index (χ0) is 18.9. The molecule has 0 saturated carbocycles. The van der Waals surface area contributed by atoms with Crippen LogP contribution in [0, 0.1) is 0 Å². The fourth-order valence-electron chi connectivity index (χ4n) is 2.92. The maximum atomic E-state index is 12.3. The molecule has 2 heterocycles. The molecule has 1 aromatic carbocycles. The van der Waals surface area contributed by atoms with Gasteiger partial charge in [0.05, 0.1) is 17.1 Å². The van der Waals surface area contributed by atoms with Gasteiger partial charge in [-0.3, -0.25) is 9.78 Å². The Balaban J connectivity index is 1.73. The van der Waals surface area contributed by atoms with E-state index in [-0.39, 0.29) is 23.5 Å². The van der Waals surface area contributed by atoms with E-state index in [1.807, 2.05) is 18.2 Å². The molecule has 7 heteroatoms. The number of amides is 1. The second-order valence-electron chi connectivity index (χ2n) is 7.17. The van der Waals surface area contributed by atoms with Gasteiger partial charge in [-0.05, 0) is 44.0 Å². The van der Waals surface area contributed by atoms with E-state index in [1.54, 1.807) is 38.4 Å². The molecule has 26 heavy (non-hydrogen) atoms. The van der Waals surface area contributed by atoms with Gasteiger partial charge in [-0.2, -0.15) is 0 Å². The van der Waals surface area contributed by atoms with E-state index in [1.165, 1.54) is 0 Å². The Hall–Kier alpha value is -2.25. The lowest BCUT2D eigenvalue weighted by Gasteiger charge is -2.18. The van der Waals surface area contributed by atoms with Crippen LogP contribution in [0.4, 0.5) is 0 Å². The second-order valence-corrected chi connectivity index (χ2v) is 9.40. The molecule has 1 fully saturated rings. The van der Waals surface area contributed by atoms with Crippen LogP contribution in [0.5, 0.6) is 0 Å². The van der Waals surface area contributed by atoms with Gasteiger partial charge in [-0.25, -0.2) is 8.42 Å². The van der Waals surface area contributed by atoms with Crippen molar-refractivity contribution in [2.24, 2.45) is 0 Å². The molecule has 0 radical (unpaired) electrons. The third-order valence-electron chi connectivity index (χ3n) is 4.49. The average molecular weight is 374 g/mol. The van der Waals surface area contributed by atoms with Crippen molar-refractivity contribution in [2.45, 2.75) is 31.9 Å². The van der Waals surface area contributed by atoms with Crippen molar-refractivity contribution < 1.29 is 18.3 Å². The number of nitrogens with one attached hydrogen (secondary N) is 1. The summed E-state index contributed by atoms with van der Waals surface area (Å²) in [6.07, 6.45) is 3.79. The molecule has 138 valence electrons. The SMILES string of the molecule is CC(C)(O)c1cncc(-c2ccc(C(=O)NC3CCS(=O)(=O)C3)cc2)c1. The molecule has 0 bridgehead atoms. The number of nitrogens with zero attached hydrogens (tertiary/aromatic N) is 1. The van der Waals surface area contributed by atoms with Crippen LogP contribution in [0.25, 0.3) is 11.1 Å². The molecule has 0 spiro atoms. The first-order chi connectivity index (χ1) is 12.1. The van der Waals surface area contributed by atoms with Gasteiger partial charge in [0.25, 0.3) is 5.91 Å². The van der Waals surface area contributed by atoms with Crippen LogP contribution in [0.1, 0.15) is 36.2 Å². The predicted octanol–water partition coefficient (Wildman–Crippen LogP) is 1.89. The van der Waals surface area contributed by atoms with E-state index in [9.17, 15) is 18.3 Å². The van der Waals surface area contributed by atoms with E-state index in [0.29, 0.717) is 17.5 Å². The molecular weight excluding hydrogens is 352 g/mol. The Morgan fingerprint density at radius 3 is 2.46 bits per heavy atom. The Kier molecular flexibility index (Phi) is 4.86. The Bertz CT molecular complexity index is 915. The molecule has 1 amide bonds. The van der Waals surface area contributed by atoms with E-state index in [4.69, 9.17) is 0 Å². The normalized spacial score (nSPS) is 19.3. The number of rotatable bonds is 4. The highest BCUT2D eigenvalue weighted by Gasteiger charge is 2.29. The highest BCUT2D eigenvalue weighted by atomic mass is 32.2. The molecular formula is C19H22N2O4S. The third-order valence-corrected chi connectivity index (χ3v) is 6.26. The van der Waals surface area contributed by atoms with Gasteiger partial charge >= 0.3 is 0 Å². The molecule has 0 aliphatic carbocycles. The maximum Gasteiger partial charge on any atom is 0.251 e. The second kappa shape index (κ2) is 6.81. The van der Waals surface area contributed by atoms with Gasteiger partial charge in [0.15, 0.2) is 9.84 Å². The van der Waals surface area contributed by atoms with Crippen molar-refractivity contribution in [3.05, 3.63) is 53.9 Å². The number of carbonyl (C=O) groups is 1. The fourth-order valence-corrected chi connectivity index (χ4v) is 4.60. The lowest BCUT2D eigenvalue weighted by molar-refractivity contribution is 0.0782. The maximum absolute atomic E-state index is 12.3. The van der Waals surface area contributed by atoms with Crippen molar-refractivity contribution in [1.82, 2.24) is 10.3 Å². The van der Waals surface area contributed by atoms with Crippen molar-refractivity contribution in [2.75, 3.05) is 11.5 Å². The summed E-state index contributed by atoms with van der Waals surface area (Å²) >= 11 is 0. The van der Waals surface area contributed by atoms with Crippen molar-refractivity contribution >= 4 is 15.7 Å². The molecule has 1 aromatic heterocycles. The van der Waals surface area contributed by atoms with Crippen LogP contribution in [0.2, 0.25) is 0 Å². The zero-order valence-corrected chi connectivity index (χ0v) is 15.6. The summed E-state index contributed by atoms with van der Waals surface area (Å²) in [5, 5.41) is 12.9. The summed E-state index contributed by atoms with van der Waals surface area (Å²) in [6.45, 7) is 3.40. The Morgan fingerprint density at radius 1 is 1.19 bits per heavy atom. The fraction of sp³-hybridized carbons (Fsp3) is 0.368. The minimum absolute atomic E-state index is 0.00618. The highest BCUT2D eigenvalue weighted by Crippen LogP contribution is 2.25. The number of carbonyl (C=O) groups excluding carboxylic acids is 1. The Labute approximate surface area is 153 Å². The number of pyridine rings is 1. The smallest absolute Gasteiger partial charge is 0.251 e. The number of aromatic nitrogens is 1. The van der Waals surface area contributed by atoms with Crippen LogP contribution in [-0.4, -0.2) is 42.0 Å². The number of benzene rings is 1. The molecule has 1 aliphatic rings. The van der Waals surface area contributed by atoms with Crippen molar-refractivity contribution in [1.29, 1.82) is 0 Å². The minimum atomic E-state index is -3.02. The lowest BCUT2D eigenvalue weighted by atomic mass is 9.96. The van der Waals surface area contributed by atoms with Crippen molar-refractivity contribution in [3.8, 4) is 11.1 Å². The van der Waals surface area contributed by atoms with Gasteiger partial charge in [0.2, 0.25) is 0 Å². The summed E-state index contributed by atoms with van der Waals surface area (Å²) in [6, 6.07) is 8.57. The quantitative estimate of drug-likeness (QED) is 0.852. The van der Waals surface area contributed by atoms with Crippen LogP contribution in [0.3, 0.4) is 0 Å². The summed E-state index contributed by atoms with van der Waals surface area (Å²) in [7, 11) is -3.02. The highest BCUT2D eigenvalue weighted by molar-refractivity contribution is 7.91. The summed E-state index contributed by atoms with van der Waals surface area (Å²) in [5.41, 5.74) is 1.93. The molecule has 2 N–H and O–H groups in total. The third kappa shape index (κ3) is 4.28. The van der Waals surface area contributed by atoms with E-state index >= 15 is 0 Å². The van der Waals surface area contributed by atoms with Crippen molar-refractivity contribution in [3.63, 3.8) is 0 Å². The first-order valence-corrected chi connectivity index (χ1v) is 10.3. The number of hydrogen-bond donors (Lipinski definition) is 2. The lowest BCUT2D eigenvalue weighted by Crippen LogP contribution is -2.35. The first-order valence-electron chi connectivity index (χ1n) is 8.44. The standard InChI is InChI=1S/C19H22N2O4S/c1-19(2,23)16-9-15(10-20-11-16)13-3-5-14(6-4-13)18(22)21-17-7-8-26(24,25)12-17/h3-6,9-11,17,23H,7-8,12H2,1-2H3,(H,21,22).